The minimum atomic E-state index is -0.0900. The van der Waals surface area contributed by atoms with Crippen molar-refractivity contribution in [2.24, 2.45) is 0 Å². The summed E-state index contributed by atoms with van der Waals surface area (Å²) in [4.78, 5) is 19.1. The van der Waals surface area contributed by atoms with E-state index in [0.717, 1.165) is 17.1 Å². The van der Waals surface area contributed by atoms with E-state index in [1.165, 1.54) is 11.8 Å². The smallest absolute Gasteiger partial charge is 0.221 e. The van der Waals surface area contributed by atoms with Crippen molar-refractivity contribution in [3.8, 4) is 0 Å². The molecule has 1 amide bonds. The Kier molecular flexibility index (Phi) is 4.87. The molecule has 0 bridgehead atoms. The number of carbonyl (C=O) groups excluding carboxylic acids is 1. The standard InChI is InChI=1S/C20H18N4OS2/c1-13(25)22-14-7-9-15(10-8-14)24-19(17-6-4-12-27-17)18(23-20(24)26)16-5-2-3-11-21-16/h2-12,18-19H,1H3,(H,22,25)(H,23,26)/t18-,19-/m1/s1. The molecule has 1 aliphatic heterocycles. The quantitative estimate of drug-likeness (QED) is 0.647. The average Bonchev–Trinajstić information content (AvgIpc) is 3.30. The summed E-state index contributed by atoms with van der Waals surface area (Å²) < 4.78 is 0. The first kappa shape index (κ1) is 17.6. The number of thiocarbonyl (C=S) groups is 1. The normalized spacial score (nSPS) is 19.0. The van der Waals surface area contributed by atoms with Crippen LogP contribution in [0.2, 0.25) is 0 Å². The molecule has 0 radical (unpaired) electrons. The maximum absolute atomic E-state index is 11.3. The van der Waals surface area contributed by atoms with Gasteiger partial charge in [0.05, 0.1) is 17.8 Å². The summed E-state index contributed by atoms with van der Waals surface area (Å²) in [7, 11) is 0. The molecule has 0 aliphatic carbocycles. The zero-order valence-electron chi connectivity index (χ0n) is 14.6. The third-order valence-electron chi connectivity index (χ3n) is 4.40. The summed E-state index contributed by atoms with van der Waals surface area (Å²) in [5.41, 5.74) is 2.69. The number of carbonyl (C=O) groups is 1. The van der Waals surface area contributed by atoms with Crippen LogP contribution in [0.3, 0.4) is 0 Å². The second-order valence-electron chi connectivity index (χ2n) is 6.24. The second kappa shape index (κ2) is 7.46. The Balaban J connectivity index is 1.72. The number of nitrogens with one attached hydrogen (secondary N) is 2. The molecule has 0 spiro atoms. The van der Waals surface area contributed by atoms with E-state index in [1.54, 1.807) is 17.5 Å². The Labute approximate surface area is 167 Å². The summed E-state index contributed by atoms with van der Waals surface area (Å²) in [5, 5.41) is 8.97. The average molecular weight is 395 g/mol. The zero-order chi connectivity index (χ0) is 18.8. The van der Waals surface area contributed by atoms with E-state index in [-0.39, 0.29) is 18.0 Å². The Morgan fingerprint density at radius 1 is 1.19 bits per heavy atom. The number of hydrogen-bond donors (Lipinski definition) is 2. The number of benzene rings is 1. The van der Waals surface area contributed by atoms with Crippen LogP contribution in [0.15, 0.2) is 66.2 Å². The van der Waals surface area contributed by atoms with Crippen LogP contribution >= 0.6 is 23.6 Å². The molecule has 1 aromatic carbocycles. The molecule has 3 aromatic rings. The number of anilines is 2. The van der Waals surface area contributed by atoms with Crippen molar-refractivity contribution in [3.05, 3.63) is 76.7 Å². The summed E-state index contributed by atoms with van der Waals surface area (Å²) >= 11 is 7.38. The van der Waals surface area contributed by atoms with Crippen LogP contribution in [0.5, 0.6) is 0 Å². The number of rotatable bonds is 4. The van der Waals surface area contributed by atoms with Crippen molar-refractivity contribution in [3.63, 3.8) is 0 Å². The number of amides is 1. The van der Waals surface area contributed by atoms with Gasteiger partial charge in [0.1, 0.15) is 0 Å². The van der Waals surface area contributed by atoms with Gasteiger partial charge in [-0.3, -0.25) is 9.78 Å². The van der Waals surface area contributed by atoms with Gasteiger partial charge in [-0.15, -0.1) is 11.3 Å². The van der Waals surface area contributed by atoms with Gasteiger partial charge in [0.25, 0.3) is 0 Å². The van der Waals surface area contributed by atoms with E-state index < -0.39 is 0 Å². The topological polar surface area (TPSA) is 57.3 Å². The molecule has 1 fully saturated rings. The maximum atomic E-state index is 11.3. The molecule has 0 saturated carbocycles. The van der Waals surface area contributed by atoms with E-state index in [9.17, 15) is 4.79 Å². The molecule has 4 rings (SSSR count). The van der Waals surface area contributed by atoms with Crippen LogP contribution in [0.25, 0.3) is 0 Å². The highest BCUT2D eigenvalue weighted by Gasteiger charge is 2.41. The molecule has 0 unspecified atom stereocenters. The van der Waals surface area contributed by atoms with Gasteiger partial charge in [-0.2, -0.15) is 0 Å². The second-order valence-corrected chi connectivity index (χ2v) is 7.61. The third-order valence-corrected chi connectivity index (χ3v) is 5.66. The summed E-state index contributed by atoms with van der Waals surface area (Å²) in [5.74, 6) is -0.0900. The molecule has 3 heterocycles. The van der Waals surface area contributed by atoms with Crippen molar-refractivity contribution in [1.82, 2.24) is 10.3 Å². The van der Waals surface area contributed by atoms with Crippen molar-refractivity contribution in [2.75, 3.05) is 10.2 Å². The maximum Gasteiger partial charge on any atom is 0.221 e. The van der Waals surface area contributed by atoms with Gasteiger partial charge in [-0.05, 0) is 60.1 Å². The number of pyridine rings is 1. The monoisotopic (exact) mass is 394 g/mol. The molecule has 136 valence electrons. The fourth-order valence-electron chi connectivity index (χ4n) is 3.29. The van der Waals surface area contributed by atoms with Crippen molar-refractivity contribution < 1.29 is 4.79 Å². The predicted molar refractivity (Wildman–Crippen MR) is 113 cm³/mol. The van der Waals surface area contributed by atoms with Crippen molar-refractivity contribution in [2.45, 2.75) is 19.0 Å². The number of aromatic nitrogens is 1. The molecule has 27 heavy (non-hydrogen) atoms. The van der Waals surface area contributed by atoms with E-state index in [4.69, 9.17) is 12.2 Å². The van der Waals surface area contributed by atoms with Gasteiger partial charge >= 0.3 is 0 Å². The minimum absolute atomic E-state index is 0.0130. The largest absolute Gasteiger partial charge is 0.351 e. The molecular formula is C20H18N4OS2. The van der Waals surface area contributed by atoms with Crippen LogP contribution in [0, 0.1) is 0 Å². The van der Waals surface area contributed by atoms with Crippen LogP contribution < -0.4 is 15.5 Å². The summed E-state index contributed by atoms with van der Waals surface area (Å²) in [6.45, 7) is 1.50. The Morgan fingerprint density at radius 3 is 2.63 bits per heavy atom. The highest BCUT2D eigenvalue weighted by atomic mass is 32.1. The fraction of sp³-hybridized carbons (Fsp3) is 0.150. The van der Waals surface area contributed by atoms with Crippen LogP contribution in [0.1, 0.15) is 29.6 Å². The third kappa shape index (κ3) is 3.56. The van der Waals surface area contributed by atoms with E-state index in [0.29, 0.717) is 5.11 Å². The van der Waals surface area contributed by atoms with Crippen molar-refractivity contribution in [1.29, 1.82) is 0 Å². The molecule has 1 aliphatic rings. The van der Waals surface area contributed by atoms with Crippen molar-refractivity contribution >= 4 is 45.9 Å². The molecule has 2 atom stereocenters. The lowest BCUT2D eigenvalue weighted by Crippen LogP contribution is -2.29. The molecule has 2 aromatic heterocycles. The van der Waals surface area contributed by atoms with Crippen LogP contribution in [-0.4, -0.2) is 16.0 Å². The lowest BCUT2D eigenvalue weighted by atomic mass is 10.0. The van der Waals surface area contributed by atoms with Gasteiger partial charge < -0.3 is 15.5 Å². The summed E-state index contributed by atoms with van der Waals surface area (Å²) in [6.07, 6.45) is 1.80. The summed E-state index contributed by atoms with van der Waals surface area (Å²) in [6, 6.07) is 17.8. The van der Waals surface area contributed by atoms with Crippen LogP contribution in [-0.2, 0) is 4.79 Å². The zero-order valence-corrected chi connectivity index (χ0v) is 16.3. The molecule has 5 nitrogen and oxygen atoms in total. The Morgan fingerprint density at radius 2 is 2.00 bits per heavy atom. The van der Waals surface area contributed by atoms with Gasteiger partial charge in [0.2, 0.25) is 5.91 Å². The van der Waals surface area contributed by atoms with E-state index in [1.807, 2.05) is 42.5 Å². The first-order chi connectivity index (χ1) is 13.1. The first-order valence-electron chi connectivity index (χ1n) is 8.55. The van der Waals surface area contributed by atoms with E-state index in [2.05, 4.69) is 38.0 Å². The molecular weight excluding hydrogens is 376 g/mol. The number of thiophene rings is 1. The lowest BCUT2D eigenvalue weighted by molar-refractivity contribution is -0.114. The molecule has 7 heteroatoms. The molecule has 2 N–H and O–H groups in total. The van der Waals surface area contributed by atoms with E-state index >= 15 is 0 Å². The van der Waals surface area contributed by atoms with Gasteiger partial charge in [0.15, 0.2) is 5.11 Å². The Hall–Kier alpha value is -2.77. The molecule has 1 saturated heterocycles. The lowest BCUT2D eigenvalue weighted by Gasteiger charge is -2.27. The van der Waals surface area contributed by atoms with Gasteiger partial charge in [0, 0.05) is 29.4 Å². The predicted octanol–water partition coefficient (Wildman–Crippen LogP) is 4.28. The SMILES string of the molecule is CC(=O)Nc1ccc(N2C(=S)N[C@H](c3ccccn3)[C@H]2c2cccs2)cc1. The number of nitrogens with zero attached hydrogens (tertiary/aromatic N) is 2. The van der Waals surface area contributed by atoms with Gasteiger partial charge in [-0.1, -0.05) is 12.1 Å². The highest BCUT2D eigenvalue weighted by molar-refractivity contribution is 7.80. The Bertz CT molecular complexity index is 942. The first-order valence-corrected chi connectivity index (χ1v) is 9.84. The minimum Gasteiger partial charge on any atom is -0.351 e. The highest BCUT2D eigenvalue weighted by Crippen LogP contribution is 2.43. The van der Waals surface area contributed by atoms with Crippen LogP contribution in [0.4, 0.5) is 11.4 Å². The fourth-order valence-corrected chi connectivity index (χ4v) is 4.49. The number of hydrogen-bond acceptors (Lipinski definition) is 4. The van der Waals surface area contributed by atoms with Gasteiger partial charge in [-0.25, -0.2) is 0 Å².